The van der Waals surface area contributed by atoms with Crippen LogP contribution in [-0.4, -0.2) is 7.11 Å². The third kappa shape index (κ3) is 3.84. The summed E-state index contributed by atoms with van der Waals surface area (Å²) in [5, 5.41) is 5.54. The Labute approximate surface area is 114 Å². The molecule has 0 spiro atoms. The second-order valence-corrected chi connectivity index (χ2v) is 6.03. The number of methoxy groups -OCH3 is 1. The Hall–Kier alpha value is -0.840. The van der Waals surface area contributed by atoms with Crippen LogP contribution in [0.3, 0.4) is 0 Å². The number of ether oxygens (including phenoxy) is 1. The minimum Gasteiger partial charge on any atom is -0.381 e. The van der Waals surface area contributed by atoms with Gasteiger partial charge in [-0.2, -0.15) is 0 Å². The van der Waals surface area contributed by atoms with E-state index < -0.39 is 0 Å². The van der Waals surface area contributed by atoms with Crippen LogP contribution in [0, 0.1) is 0 Å². The molecule has 17 heavy (non-hydrogen) atoms. The smallest absolute Gasteiger partial charge is 0.0713 e. The molecule has 1 aromatic heterocycles. The first kappa shape index (κ1) is 12.6. The van der Waals surface area contributed by atoms with Crippen molar-refractivity contribution >= 4 is 33.0 Å². The maximum absolute atomic E-state index is 5.08. The Morgan fingerprint density at radius 1 is 1.24 bits per heavy atom. The van der Waals surface area contributed by atoms with E-state index in [2.05, 4.69) is 57.0 Å². The molecule has 1 aromatic carbocycles. The number of nitrogens with one attached hydrogen (secondary N) is 1. The van der Waals surface area contributed by atoms with Crippen molar-refractivity contribution < 1.29 is 4.74 Å². The van der Waals surface area contributed by atoms with Gasteiger partial charge in [0.2, 0.25) is 0 Å². The number of halogens is 1. The predicted molar refractivity (Wildman–Crippen MR) is 76.5 cm³/mol. The third-order valence-corrected chi connectivity index (χ3v) is 3.94. The first-order valence-electron chi connectivity index (χ1n) is 5.32. The number of anilines is 1. The van der Waals surface area contributed by atoms with E-state index in [-0.39, 0.29) is 0 Å². The molecule has 0 fully saturated rings. The number of hydrogen-bond acceptors (Lipinski definition) is 3. The molecule has 0 saturated carbocycles. The molecule has 0 saturated heterocycles. The maximum atomic E-state index is 5.08. The van der Waals surface area contributed by atoms with Gasteiger partial charge in [0.1, 0.15) is 0 Å². The maximum Gasteiger partial charge on any atom is 0.0713 e. The summed E-state index contributed by atoms with van der Waals surface area (Å²) in [6.07, 6.45) is 0. The first-order chi connectivity index (χ1) is 8.28. The Kier molecular flexibility index (Phi) is 4.59. The van der Waals surface area contributed by atoms with Crippen LogP contribution in [0.2, 0.25) is 0 Å². The molecule has 2 nitrogen and oxygen atoms in total. The number of benzene rings is 1. The Morgan fingerprint density at radius 3 is 2.59 bits per heavy atom. The predicted octanol–water partition coefficient (Wildman–Crippen LogP) is 4.27. The van der Waals surface area contributed by atoms with E-state index in [0.29, 0.717) is 6.61 Å². The van der Waals surface area contributed by atoms with Crippen LogP contribution in [0.5, 0.6) is 0 Å². The van der Waals surface area contributed by atoms with Gasteiger partial charge in [0.15, 0.2) is 0 Å². The summed E-state index contributed by atoms with van der Waals surface area (Å²) >= 11 is 5.17. The van der Waals surface area contributed by atoms with Crippen molar-refractivity contribution in [1.82, 2.24) is 0 Å². The van der Waals surface area contributed by atoms with E-state index in [1.807, 2.05) is 0 Å². The molecule has 4 heteroatoms. The molecule has 0 radical (unpaired) electrons. The summed E-state index contributed by atoms with van der Waals surface area (Å²) in [7, 11) is 1.71. The van der Waals surface area contributed by atoms with Gasteiger partial charge in [-0.25, -0.2) is 0 Å². The molecule has 2 rings (SSSR count). The SMILES string of the molecule is COCc1ccc(NCc2csc(Br)c2)cc1. The molecule has 0 aliphatic heterocycles. The van der Waals surface area contributed by atoms with Gasteiger partial charge in [0, 0.05) is 19.3 Å². The molecular formula is C13H14BrNOS. The Morgan fingerprint density at radius 2 is 2.00 bits per heavy atom. The first-order valence-corrected chi connectivity index (χ1v) is 7.00. The largest absolute Gasteiger partial charge is 0.381 e. The van der Waals surface area contributed by atoms with E-state index in [4.69, 9.17) is 4.74 Å². The van der Waals surface area contributed by atoms with Gasteiger partial charge in [-0.15, -0.1) is 11.3 Å². The van der Waals surface area contributed by atoms with Crippen LogP contribution in [0.25, 0.3) is 0 Å². The molecule has 0 unspecified atom stereocenters. The lowest BCUT2D eigenvalue weighted by molar-refractivity contribution is 0.185. The normalized spacial score (nSPS) is 10.5. The summed E-state index contributed by atoms with van der Waals surface area (Å²) in [6.45, 7) is 1.52. The van der Waals surface area contributed by atoms with Gasteiger partial charge >= 0.3 is 0 Å². The van der Waals surface area contributed by atoms with Crippen molar-refractivity contribution in [2.24, 2.45) is 0 Å². The standard InChI is InChI=1S/C13H14BrNOS/c1-16-8-10-2-4-12(5-3-10)15-7-11-6-13(14)17-9-11/h2-6,9,15H,7-8H2,1H3. The van der Waals surface area contributed by atoms with Gasteiger partial charge in [-0.3, -0.25) is 0 Å². The van der Waals surface area contributed by atoms with Crippen LogP contribution in [0.1, 0.15) is 11.1 Å². The molecule has 0 amide bonds. The lowest BCUT2D eigenvalue weighted by Crippen LogP contribution is -1.98. The quantitative estimate of drug-likeness (QED) is 0.890. The summed E-state index contributed by atoms with van der Waals surface area (Å²) in [5.74, 6) is 0. The topological polar surface area (TPSA) is 21.3 Å². The second kappa shape index (κ2) is 6.19. The van der Waals surface area contributed by atoms with Crippen LogP contribution in [-0.2, 0) is 17.9 Å². The average Bonchev–Trinajstić information content (AvgIpc) is 2.75. The molecule has 1 heterocycles. The number of thiophene rings is 1. The highest BCUT2D eigenvalue weighted by atomic mass is 79.9. The van der Waals surface area contributed by atoms with Crippen molar-refractivity contribution in [1.29, 1.82) is 0 Å². The van der Waals surface area contributed by atoms with Gasteiger partial charge in [-0.05, 0) is 50.6 Å². The molecule has 0 aliphatic carbocycles. The molecule has 2 aromatic rings. The summed E-state index contributed by atoms with van der Waals surface area (Å²) < 4.78 is 6.25. The summed E-state index contributed by atoms with van der Waals surface area (Å²) in [4.78, 5) is 0. The molecule has 0 atom stereocenters. The molecule has 90 valence electrons. The van der Waals surface area contributed by atoms with E-state index in [1.165, 1.54) is 14.9 Å². The van der Waals surface area contributed by atoms with E-state index >= 15 is 0 Å². The Bertz CT molecular complexity index is 467. The Balaban J connectivity index is 1.90. The van der Waals surface area contributed by atoms with Crippen molar-refractivity contribution in [2.45, 2.75) is 13.2 Å². The molecule has 0 aliphatic rings. The molecule has 1 N–H and O–H groups in total. The zero-order valence-electron chi connectivity index (χ0n) is 9.57. The summed E-state index contributed by atoms with van der Waals surface area (Å²) in [5.41, 5.74) is 3.62. The molecular weight excluding hydrogens is 298 g/mol. The van der Waals surface area contributed by atoms with Crippen LogP contribution in [0.15, 0.2) is 39.5 Å². The number of rotatable bonds is 5. The van der Waals surface area contributed by atoms with Gasteiger partial charge < -0.3 is 10.1 Å². The fourth-order valence-corrected chi connectivity index (χ4v) is 2.74. The third-order valence-electron chi connectivity index (χ3n) is 2.38. The molecule has 0 bridgehead atoms. The van der Waals surface area contributed by atoms with Crippen molar-refractivity contribution in [3.05, 3.63) is 50.6 Å². The van der Waals surface area contributed by atoms with Crippen molar-refractivity contribution in [2.75, 3.05) is 12.4 Å². The summed E-state index contributed by atoms with van der Waals surface area (Å²) in [6, 6.07) is 10.5. The highest BCUT2D eigenvalue weighted by molar-refractivity contribution is 9.11. The van der Waals surface area contributed by atoms with Gasteiger partial charge in [0.05, 0.1) is 10.4 Å². The highest BCUT2D eigenvalue weighted by Gasteiger charge is 1.98. The fraction of sp³-hybridized carbons (Fsp3) is 0.231. The second-order valence-electron chi connectivity index (χ2n) is 3.74. The lowest BCUT2D eigenvalue weighted by Gasteiger charge is -2.06. The lowest BCUT2D eigenvalue weighted by atomic mass is 10.2. The van der Waals surface area contributed by atoms with E-state index in [1.54, 1.807) is 18.4 Å². The highest BCUT2D eigenvalue weighted by Crippen LogP contribution is 2.21. The zero-order chi connectivity index (χ0) is 12.1. The van der Waals surface area contributed by atoms with Gasteiger partial charge in [0.25, 0.3) is 0 Å². The van der Waals surface area contributed by atoms with E-state index in [0.717, 1.165) is 12.2 Å². The van der Waals surface area contributed by atoms with Gasteiger partial charge in [-0.1, -0.05) is 12.1 Å². The minimum atomic E-state index is 0.664. The fourth-order valence-electron chi connectivity index (χ4n) is 1.53. The minimum absolute atomic E-state index is 0.664. The van der Waals surface area contributed by atoms with Crippen molar-refractivity contribution in [3.8, 4) is 0 Å². The zero-order valence-corrected chi connectivity index (χ0v) is 12.0. The number of hydrogen-bond donors (Lipinski definition) is 1. The van der Waals surface area contributed by atoms with Crippen molar-refractivity contribution in [3.63, 3.8) is 0 Å². The monoisotopic (exact) mass is 311 g/mol. The van der Waals surface area contributed by atoms with E-state index in [9.17, 15) is 0 Å². The van der Waals surface area contributed by atoms with Crippen LogP contribution < -0.4 is 5.32 Å². The average molecular weight is 312 g/mol. The van der Waals surface area contributed by atoms with Crippen LogP contribution in [0.4, 0.5) is 5.69 Å². The van der Waals surface area contributed by atoms with Crippen LogP contribution >= 0.6 is 27.3 Å².